The molecule has 2 fully saturated rings. The summed E-state index contributed by atoms with van der Waals surface area (Å²) < 4.78 is 90.7. The Morgan fingerprint density at radius 2 is 1.77 bits per heavy atom. The normalized spacial score (nSPS) is 17.9. The van der Waals surface area contributed by atoms with Crippen molar-refractivity contribution < 1.29 is 49.8 Å². The van der Waals surface area contributed by atoms with Crippen molar-refractivity contribution in [3.8, 4) is 5.75 Å². The summed E-state index contributed by atoms with van der Waals surface area (Å²) in [7, 11) is -3.80. The SMILES string of the molecule is Cc1cc(F)ccc1CN1CCC[C@@H](Oc2cc(F)c(C(=O)NS(C)(=O)=O)cc2C2CC2)C1.O=C(O)C(F)(F)F. The van der Waals surface area contributed by atoms with Gasteiger partial charge in [0.05, 0.1) is 11.8 Å². The van der Waals surface area contributed by atoms with Gasteiger partial charge in [-0.15, -0.1) is 0 Å². The quantitative estimate of drug-likeness (QED) is 0.455. The van der Waals surface area contributed by atoms with Gasteiger partial charge in [-0.3, -0.25) is 9.69 Å². The number of alkyl halides is 3. The second-order valence-corrected chi connectivity index (χ2v) is 11.6. The average Bonchev–Trinajstić information content (AvgIpc) is 3.65. The molecule has 220 valence electrons. The van der Waals surface area contributed by atoms with Crippen LogP contribution in [0.2, 0.25) is 0 Å². The van der Waals surface area contributed by atoms with Crippen LogP contribution in [0.4, 0.5) is 22.0 Å². The highest BCUT2D eigenvalue weighted by atomic mass is 32.2. The molecule has 2 aliphatic rings. The standard InChI is InChI=1S/C24H28F2N2O4S.C2HF3O2/c1-15-10-18(25)8-7-17(15)13-28-9-3-4-19(14-28)32-23-12-22(26)21(11-20(23)16-5-6-16)24(29)27-33(2,30)31;3-2(4,5)1(6)7/h7-8,10-12,16,19H,3-6,9,13-14H2,1-2H3,(H,27,29);(H,6,7)/t19-;/m1./s1. The number of nitrogens with zero attached hydrogens (tertiary/aromatic N) is 1. The Balaban J connectivity index is 0.000000559. The Morgan fingerprint density at radius 1 is 1.12 bits per heavy atom. The van der Waals surface area contributed by atoms with Crippen LogP contribution in [0, 0.1) is 18.6 Å². The molecule has 0 bridgehead atoms. The molecular formula is C26H29F5N2O6S. The minimum absolute atomic E-state index is 0.146. The Bertz CT molecular complexity index is 1360. The number of hydrogen-bond donors (Lipinski definition) is 2. The van der Waals surface area contributed by atoms with E-state index in [2.05, 4.69) is 4.90 Å². The lowest BCUT2D eigenvalue weighted by Crippen LogP contribution is -2.40. The minimum Gasteiger partial charge on any atom is -0.489 e. The van der Waals surface area contributed by atoms with Crippen LogP contribution < -0.4 is 9.46 Å². The number of nitrogens with one attached hydrogen (secondary N) is 1. The second kappa shape index (κ2) is 12.5. The molecule has 2 N–H and O–H groups in total. The smallest absolute Gasteiger partial charge is 0.489 e. The van der Waals surface area contributed by atoms with Crippen molar-refractivity contribution in [1.82, 2.24) is 9.62 Å². The lowest BCUT2D eigenvalue weighted by Gasteiger charge is -2.33. The lowest BCUT2D eigenvalue weighted by atomic mass is 10.0. The summed E-state index contributed by atoms with van der Waals surface area (Å²) in [6.07, 6.45) is -0.815. The van der Waals surface area contributed by atoms with Crippen LogP contribution in [0.1, 0.15) is 58.6 Å². The summed E-state index contributed by atoms with van der Waals surface area (Å²) in [6, 6.07) is 7.42. The number of sulfonamides is 1. The van der Waals surface area contributed by atoms with Crippen LogP contribution in [-0.2, 0) is 21.4 Å². The molecule has 1 amide bonds. The zero-order valence-electron chi connectivity index (χ0n) is 21.7. The molecule has 2 aromatic rings. The molecule has 1 atom stereocenters. The fourth-order valence-corrected chi connectivity index (χ4v) is 4.74. The number of likely N-dealkylation sites (tertiary alicyclic amines) is 1. The maximum absolute atomic E-state index is 14.8. The summed E-state index contributed by atoms with van der Waals surface area (Å²) in [5.41, 5.74) is 2.40. The van der Waals surface area contributed by atoms with E-state index in [1.54, 1.807) is 6.07 Å². The third-order valence-electron chi connectivity index (χ3n) is 6.34. The van der Waals surface area contributed by atoms with Crippen molar-refractivity contribution in [2.45, 2.75) is 57.3 Å². The first-order chi connectivity index (χ1) is 18.5. The Labute approximate surface area is 228 Å². The zero-order chi connectivity index (χ0) is 29.8. The number of aryl methyl sites for hydroxylation is 1. The molecule has 14 heteroatoms. The van der Waals surface area contributed by atoms with Crippen LogP contribution in [0.3, 0.4) is 0 Å². The number of halogens is 5. The highest BCUT2D eigenvalue weighted by molar-refractivity contribution is 7.89. The van der Waals surface area contributed by atoms with Gasteiger partial charge in [-0.2, -0.15) is 13.2 Å². The number of ether oxygens (including phenoxy) is 1. The lowest BCUT2D eigenvalue weighted by molar-refractivity contribution is -0.192. The Hall–Kier alpha value is -3.26. The summed E-state index contributed by atoms with van der Waals surface area (Å²) in [6.45, 7) is 4.12. The van der Waals surface area contributed by atoms with Gasteiger partial charge in [0, 0.05) is 19.2 Å². The van der Waals surface area contributed by atoms with E-state index in [-0.39, 0.29) is 23.4 Å². The summed E-state index contributed by atoms with van der Waals surface area (Å²) in [4.78, 5) is 23.4. The van der Waals surface area contributed by atoms with E-state index >= 15 is 0 Å². The first-order valence-corrected chi connectivity index (χ1v) is 14.2. The molecule has 40 heavy (non-hydrogen) atoms. The number of rotatable bonds is 7. The summed E-state index contributed by atoms with van der Waals surface area (Å²) >= 11 is 0. The average molecular weight is 593 g/mol. The van der Waals surface area contributed by atoms with Gasteiger partial charge in [0.2, 0.25) is 10.0 Å². The molecule has 1 saturated heterocycles. The highest BCUT2D eigenvalue weighted by Gasteiger charge is 2.38. The molecular weight excluding hydrogens is 563 g/mol. The van der Waals surface area contributed by atoms with Gasteiger partial charge in [-0.25, -0.2) is 26.7 Å². The van der Waals surface area contributed by atoms with Crippen LogP contribution >= 0.6 is 0 Å². The fraction of sp³-hybridized carbons (Fsp3) is 0.462. The predicted molar refractivity (Wildman–Crippen MR) is 134 cm³/mol. The fourth-order valence-electron chi connectivity index (χ4n) is 4.29. The number of carbonyl (C=O) groups is 2. The molecule has 0 radical (unpaired) electrons. The van der Waals surface area contributed by atoms with E-state index in [1.807, 2.05) is 11.6 Å². The molecule has 8 nitrogen and oxygen atoms in total. The molecule has 4 rings (SSSR count). The number of benzene rings is 2. The van der Waals surface area contributed by atoms with Gasteiger partial charge in [0.25, 0.3) is 5.91 Å². The van der Waals surface area contributed by atoms with Gasteiger partial charge in [0.15, 0.2) is 0 Å². The van der Waals surface area contributed by atoms with Crippen molar-refractivity contribution in [1.29, 1.82) is 0 Å². The van der Waals surface area contributed by atoms with Gasteiger partial charge < -0.3 is 9.84 Å². The highest BCUT2D eigenvalue weighted by Crippen LogP contribution is 2.45. The van der Waals surface area contributed by atoms with Crippen molar-refractivity contribution in [2.24, 2.45) is 0 Å². The van der Waals surface area contributed by atoms with Gasteiger partial charge in [-0.1, -0.05) is 6.07 Å². The summed E-state index contributed by atoms with van der Waals surface area (Å²) in [5.74, 6) is -4.22. The van der Waals surface area contributed by atoms with Crippen molar-refractivity contribution in [3.63, 3.8) is 0 Å². The van der Waals surface area contributed by atoms with Gasteiger partial charge >= 0.3 is 12.1 Å². The zero-order valence-corrected chi connectivity index (χ0v) is 22.5. The molecule has 1 heterocycles. The minimum atomic E-state index is -5.08. The van der Waals surface area contributed by atoms with Gasteiger partial charge in [0.1, 0.15) is 23.5 Å². The number of amides is 1. The van der Waals surface area contributed by atoms with E-state index in [9.17, 15) is 35.2 Å². The van der Waals surface area contributed by atoms with Crippen molar-refractivity contribution in [2.75, 3.05) is 19.3 Å². The predicted octanol–water partition coefficient (Wildman–Crippen LogP) is 4.52. The first kappa shape index (κ1) is 31.3. The van der Waals surface area contributed by atoms with Crippen LogP contribution in [0.5, 0.6) is 5.75 Å². The van der Waals surface area contributed by atoms with E-state index < -0.39 is 33.9 Å². The summed E-state index contributed by atoms with van der Waals surface area (Å²) in [5, 5.41) is 7.12. The molecule has 1 aliphatic carbocycles. The van der Waals surface area contributed by atoms with E-state index in [4.69, 9.17) is 14.6 Å². The Morgan fingerprint density at radius 3 is 2.33 bits per heavy atom. The van der Waals surface area contributed by atoms with Crippen molar-refractivity contribution >= 4 is 21.9 Å². The number of carboxylic acids is 1. The topological polar surface area (TPSA) is 113 Å². The molecule has 0 spiro atoms. The molecule has 2 aromatic carbocycles. The molecule has 0 aromatic heterocycles. The van der Waals surface area contributed by atoms with Crippen molar-refractivity contribution in [3.05, 3.63) is 64.2 Å². The number of aliphatic carboxylic acids is 1. The first-order valence-electron chi connectivity index (χ1n) is 12.3. The molecule has 0 unspecified atom stereocenters. The number of carboxylic acid groups (broad SMARTS) is 1. The number of hydrogen-bond acceptors (Lipinski definition) is 6. The van der Waals surface area contributed by atoms with Crippen LogP contribution in [0.25, 0.3) is 0 Å². The monoisotopic (exact) mass is 592 g/mol. The van der Waals surface area contributed by atoms with E-state index in [0.29, 0.717) is 18.8 Å². The number of piperidine rings is 1. The maximum Gasteiger partial charge on any atom is 0.490 e. The molecule has 1 aliphatic heterocycles. The second-order valence-electron chi connectivity index (χ2n) is 9.84. The third-order valence-corrected chi connectivity index (χ3v) is 6.89. The maximum atomic E-state index is 14.8. The van der Waals surface area contributed by atoms with E-state index in [1.165, 1.54) is 24.3 Å². The largest absolute Gasteiger partial charge is 0.490 e. The number of carbonyl (C=O) groups excluding carboxylic acids is 1. The Kier molecular flexibility index (Phi) is 9.77. The molecule has 1 saturated carbocycles. The van der Waals surface area contributed by atoms with Crippen LogP contribution in [0.15, 0.2) is 30.3 Å². The van der Waals surface area contributed by atoms with Crippen LogP contribution in [-0.4, -0.2) is 61.9 Å². The van der Waals surface area contributed by atoms with Gasteiger partial charge in [-0.05, 0) is 80.0 Å². The van der Waals surface area contributed by atoms with E-state index in [0.717, 1.165) is 55.2 Å². The third kappa shape index (κ3) is 9.15.